The number of halogens is 1. The van der Waals surface area contributed by atoms with Gasteiger partial charge in [-0.3, -0.25) is 9.52 Å². The van der Waals surface area contributed by atoms with Crippen molar-refractivity contribution in [2.75, 3.05) is 11.0 Å². The molecule has 2 rings (SSSR count). The van der Waals surface area contributed by atoms with E-state index in [1.165, 1.54) is 12.1 Å². The Morgan fingerprint density at radius 2 is 1.79 bits per heavy atom. The van der Waals surface area contributed by atoms with E-state index in [1.807, 2.05) is 6.92 Å². The molecule has 2 aromatic rings. The van der Waals surface area contributed by atoms with Crippen LogP contribution < -0.4 is 9.46 Å². The van der Waals surface area contributed by atoms with Gasteiger partial charge in [0.1, 0.15) is 5.75 Å². The minimum atomic E-state index is -3.35. The molecule has 0 bridgehead atoms. The maximum absolute atomic E-state index is 12.4. The van der Waals surface area contributed by atoms with Crippen LogP contribution in [0.25, 0.3) is 0 Å². The average molecular weight is 368 g/mol. The van der Waals surface area contributed by atoms with Crippen molar-refractivity contribution < 1.29 is 17.9 Å². The first-order chi connectivity index (χ1) is 11.2. The molecule has 24 heavy (non-hydrogen) atoms. The molecule has 2 aromatic carbocycles. The molecule has 0 aromatic heterocycles. The van der Waals surface area contributed by atoms with Gasteiger partial charge in [0, 0.05) is 16.3 Å². The van der Waals surface area contributed by atoms with E-state index in [1.54, 1.807) is 37.3 Å². The van der Waals surface area contributed by atoms with Crippen molar-refractivity contribution in [3.63, 3.8) is 0 Å². The van der Waals surface area contributed by atoms with Crippen molar-refractivity contribution >= 4 is 33.1 Å². The molecule has 0 fully saturated rings. The molecule has 5 nitrogen and oxygen atoms in total. The zero-order chi connectivity index (χ0) is 17.9. The van der Waals surface area contributed by atoms with Gasteiger partial charge in [0.25, 0.3) is 0 Å². The number of hydrogen-bond donors (Lipinski definition) is 1. The summed E-state index contributed by atoms with van der Waals surface area (Å²) in [6.07, 6.45) is 0.384. The Labute approximate surface area is 146 Å². The molecule has 0 aliphatic heterocycles. The van der Waals surface area contributed by atoms with Crippen molar-refractivity contribution in [2.24, 2.45) is 0 Å². The lowest BCUT2D eigenvalue weighted by molar-refractivity contribution is 0.0817. The molecule has 128 valence electrons. The van der Waals surface area contributed by atoms with E-state index in [0.717, 1.165) is 11.8 Å². The Kier molecular flexibility index (Phi) is 5.51. The van der Waals surface area contributed by atoms with Crippen LogP contribution in [0.3, 0.4) is 0 Å². The lowest BCUT2D eigenvalue weighted by atomic mass is 10.1. The largest absolute Gasteiger partial charge is 0.482 e. The molecule has 1 N–H and O–H groups in total. The first-order valence-electron chi connectivity index (χ1n) is 7.20. The van der Waals surface area contributed by atoms with E-state index in [-0.39, 0.29) is 5.78 Å². The summed E-state index contributed by atoms with van der Waals surface area (Å²) in [5.41, 5.74) is 1.68. The van der Waals surface area contributed by atoms with E-state index in [2.05, 4.69) is 4.72 Å². The van der Waals surface area contributed by atoms with E-state index in [4.69, 9.17) is 16.3 Å². The Hall–Kier alpha value is -2.05. The number of carbonyl (C=O) groups is 1. The van der Waals surface area contributed by atoms with Crippen molar-refractivity contribution in [3.8, 4) is 5.75 Å². The van der Waals surface area contributed by atoms with Crippen LogP contribution in [0.15, 0.2) is 42.5 Å². The van der Waals surface area contributed by atoms with Gasteiger partial charge in [0.2, 0.25) is 15.8 Å². The van der Waals surface area contributed by atoms with Gasteiger partial charge in [0.15, 0.2) is 6.10 Å². The van der Waals surface area contributed by atoms with Crippen molar-refractivity contribution in [1.82, 2.24) is 0 Å². The minimum absolute atomic E-state index is 0.199. The lowest BCUT2D eigenvalue weighted by Gasteiger charge is -2.16. The number of ether oxygens (including phenoxy) is 1. The minimum Gasteiger partial charge on any atom is -0.482 e. The van der Waals surface area contributed by atoms with Gasteiger partial charge < -0.3 is 4.74 Å². The SMILES string of the molecule is Cc1cc(Cl)ccc1O[C@H](C)C(=O)c1ccc(NS(C)(=O)=O)cc1. The highest BCUT2D eigenvalue weighted by Crippen LogP contribution is 2.23. The molecule has 0 spiro atoms. The maximum Gasteiger partial charge on any atom is 0.229 e. The van der Waals surface area contributed by atoms with Crippen LogP contribution >= 0.6 is 11.6 Å². The van der Waals surface area contributed by atoms with Crippen LogP contribution in [0.1, 0.15) is 22.8 Å². The topological polar surface area (TPSA) is 72.5 Å². The van der Waals surface area contributed by atoms with Crippen LogP contribution in [-0.2, 0) is 10.0 Å². The van der Waals surface area contributed by atoms with Gasteiger partial charge in [-0.25, -0.2) is 8.42 Å². The summed E-state index contributed by atoms with van der Waals surface area (Å²) in [4.78, 5) is 12.4. The molecule has 0 amide bonds. The number of sulfonamides is 1. The van der Waals surface area contributed by atoms with Crippen molar-refractivity contribution in [2.45, 2.75) is 20.0 Å². The fraction of sp³-hybridized carbons (Fsp3) is 0.235. The summed E-state index contributed by atoms with van der Waals surface area (Å²) in [6.45, 7) is 3.52. The van der Waals surface area contributed by atoms with Gasteiger partial charge >= 0.3 is 0 Å². The van der Waals surface area contributed by atoms with Crippen LogP contribution in [0, 0.1) is 6.92 Å². The summed E-state index contributed by atoms with van der Waals surface area (Å²) < 4.78 is 30.4. The molecule has 0 radical (unpaired) electrons. The quantitative estimate of drug-likeness (QED) is 0.790. The van der Waals surface area contributed by atoms with Crippen LogP contribution in [-0.4, -0.2) is 26.6 Å². The zero-order valence-corrected chi connectivity index (χ0v) is 15.1. The highest BCUT2D eigenvalue weighted by atomic mass is 35.5. The van der Waals surface area contributed by atoms with Gasteiger partial charge in [-0.15, -0.1) is 0 Å². The number of rotatable bonds is 6. The number of Topliss-reactive ketones (excluding diaryl/α,β-unsaturated/α-hetero) is 1. The molecule has 0 aliphatic rings. The number of aryl methyl sites for hydroxylation is 1. The zero-order valence-electron chi connectivity index (χ0n) is 13.5. The van der Waals surface area contributed by atoms with Crippen LogP contribution in [0.4, 0.5) is 5.69 Å². The summed E-state index contributed by atoms with van der Waals surface area (Å²) in [5, 5.41) is 0.604. The number of anilines is 1. The number of ketones is 1. The van der Waals surface area contributed by atoms with E-state index < -0.39 is 16.1 Å². The normalized spacial score (nSPS) is 12.5. The highest BCUT2D eigenvalue weighted by Gasteiger charge is 2.18. The Balaban J connectivity index is 2.10. The Bertz CT molecular complexity index is 847. The van der Waals surface area contributed by atoms with Crippen LogP contribution in [0.5, 0.6) is 5.75 Å². The first-order valence-corrected chi connectivity index (χ1v) is 9.47. The highest BCUT2D eigenvalue weighted by molar-refractivity contribution is 7.92. The molecule has 0 heterocycles. The van der Waals surface area contributed by atoms with E-state index in [9.17, 15) is 13.2 Å². The molecule has 0 aliphatic carbocycles. The predicted octanol–water partition coefficient (Wildman–Crippen LogP) is 3.67. The monoisotopic (exact) mass is 367 g/mol. The summed E-state index contributed by atoms with van der Waals surface area (Å²) in [7, 11) is -3.35. The fourth-order valence-electron chi connectivity index (χ4n) is 2.14. The van der Waals surface area contributed by atoms with E-state index >= 15 is 0 Å². The summed E-state index contributed by atoms with van der Waals surface area (Å²) in [6, 6.07) is 11.4. The second kappa shape index (κ2) is 7.23. The second-order valence-electron chi connectivity index (χ2n) is 5.49. The summed E-state index contributed by atoms with van der Waals surface area (Å²) >= 11 is 5.90. The standard InChI is InChI=1S/C17H18ClNO4S/c1-11-10-14(18)6-9-16(11)23-12(2)17(20)13-4-7-15(8-5-13)19-24(3,21)22/h4-10,12,19H,1-3H3/t12-/m1/s1. The Morgan fingerprint density at radius 1 is 1.17 bits per heavy atom. The number of benzene rings is 2. The fourth-order valence-corrected chi connectivity index (χ4v) is 2.93. The first kappa shape index (κ1) is 18.3. The number of carbonyl (C=O) groups excluding carboxylic acids is 1. The lowest BCUT2D eigenvalue weighted by Crippen LogP contribution is -2.24. The van der Waals surface area contributed by atoms with Crippen LogP contribution in [0.2, 0.25) is 5.02 Å². The molecule has 0 saturated heterocycles. The number of hydrogen-bond acceptors (Lipinski definition) is 4. The molecule has 0 saturated carbocycles. The third kappa shape index (κ3) is 4.97. The smallest absolute Gasteiger partial charge is 0.229 e. The van der Waals surface area contributed by atoms with Crippen molar-refractivity contribution in [3.05, 3.63) is 58.6 Å². The number of nitrogens with one attached hydrogen (secondary N) is 1. The van der Waals surface area contributed by atoms with Gasteiger partial charge in [0.05, 0.1) is 6.26 Å². The summed E-state index contributed by atoms with van der Waals surface area (Å²) in [5.74, 6) is 0.394. The molecule has 1 atom stereocenters. The molecular formula is C17H18ClNO4S. The van der Waals surface area contributed by atoms with Gasteiger partial charge in [-0.05, 0) is 61.9 Å². The maximum atomic E-state index is 12.4. The predicted molar refractivity (Wildman–Crippen MR) is 95.5 cm³/mol. The average Bonchev–Trinajstić information content (AvgIpc) is 2.48. The van der Waals surface area contributed by atoms with E-state index in [0.29, 0.717) is 22.0 Å². The second-order valence-corrected chi connectivity index (χ2v) is 7.67. The molecule has 0 unspecified atom stereocenters. The third-order valence-electron chi connectivity index (χ3n) is 3.28. The molecule has 7 heteroatoms. The van der Waals surface area contributed by atoms with Gasteiger partial charge in [-0.1, -0.05) is 11.6 Å². The van der Waals surface area contributed by atoms with Gasteiger partial charge in [-0.2, -0.15) is 0 Å². The molecular weight excluding hydrogens is 350 g/mol. The third-order valence-corrected chi connectivity index (χ3v) is 4.12. The van der Waals surface area contributed by atoms with Crippen molar-refractivity contribution in [1.29, 1.82) is 0 Å². The Morgan fingerprint density at radius 3 is 2.33 bits per heavy atom.